The zero-order chi connectivity index (χ0) is 36.9. The van der Waals surface area contributed by atoms with Crippen LogP contribution < -0.4 is 10.6 Å². The Hall–Kier alpha value is -5.02. The van der Waals surface area contributed by atoms with E-state index in [9.17, 15) is 14.7 Å². The summed E-state index contributed by atoms with van der Waals surface area (Å²) in [5.74, 6) is -0.615. The first-order valence-electron chi connectivity index (χ1n) is 17.8. The van der Waals surface area contributed by atoms with Crippen LogP contribution in [0.2, 0.25) is 18.1 Å². The summed E-state index contributed by atoms with van der Waals surface area (Å²) in [5.41, 5.74) is 5.84. The zero-order valence-corrected chi connectivity index (χ0v) is 31.5. The van der Waals surface area contributed by atoms with E-state index in [1.54, 1.807) is 0 Å². The van der Waals surface area contributed by atoms with Gasteiger partial charge in [0.1, 0.15) is 18.2 Å². The standard InChI is InChI=1S/C44H48N2O5Si/c1-43(2,3)52(4,5)51-40(39(29-47)45-42(49)50-30-38-36-27-17-15-25-34(36)35-26-16-18-28-37(35)38)41(48)46-44(31-19-9-6-10-20-31,32-21-11-7-12-22-32)33-23-13-8-14-24-33/h6-28,38-40,47H,29-30H2,1-5H3,(H,45,49)(H,46,48)/t39-,40+/m1/s1. The average molecular weight is 713 g/mol. The number of hydrogen-bond donors (Lipinski definition) is 3. The maximum atomic E-state index is 15.0. The first-order chi connectivity index (χ1) is 25.0. The van der Waals surface area contributed by atoms with Gasteiger partial charge in [-0.1, -0.05) is 160 Å². The molecule has 0 saturated heterocycles. The molecule has 6 rings (SSSR count). The Kier molecular flexibility index (Phi) is 10.8. The molecule has 5 aromatic carbocycles. The number of carbonyl (C=O) groups excluding carboxylic acids is 2. The van der Waals surface area contributed by atoms with Crippen LogP contribution in [0.25, 0.3) is 11.1 Å². The average Bonchev–Trinajstić information content (AvgIpc) is 3.48. The molecule has 2 atom stereocenters. The minimum atomic E-state index is -2.66. The number of carbonyl (C=O) groups is 2. The van der Waals surface area contributed by atoms with Gasteiger partial charge in [0.15, 0.2) is 8.32 Å². The largest absolute Gasteiger partial charge is 0.449 e. The fourth-order valence-corrected chi connectivity index (χ4v) is 8.12. The van der Waals surface area contributed by atoms with Crippen molar-refractivity contribution in [2.45, 2.75) is 62.5 Å². The highest BCUT2D eigenvalue weighted by Crippen LogP contribution is 2.45. The van der Waals surface area contributed by atoms with Crippen LogP contribution in [0, 0.1) is 0 Å². The number of fused-ring (bicyclic) bond motifs is 3. The third-order valence-corrected chi connectivity index (χ3v) is 15.1. The second-order valence-electron chi connectivity index (χ2n) is 14.9. The number of aliphatic hydroxyl groups excluding tert-OH is 1. The third kappa shape index (κ3) is 7.32. The van der Waals surface area contributed by atoms with Crippen LogP contribution in [0.1, 0.15) is 54.5 Å². The lowest BCUT2D eigenvalue weighted by Crippen LogP contribution is -2.61. The summed E-state index contributed by atoms with van der Waals surface area (Å²) in [6, 6.07) is 44.6. The lowest BCUT2D eigenvalue weighted by molar-refractivity contribution is -0.131. The summed E-state index contributed by atoms with van der Waals surface area (Å²) < 4.78 is 12.7. The van der Waals surface area contributed by atoms with Crippen molar-refractivity contribution in [3.63, 3.8) is 0 Å². The molecule has 0 heterocycles. The van der Waals surface area contributed by atoms with E-state index >= 15 is 0 Å². The van der Waals surface area contributed by atoms with Crippen LogP contribution in [-0.2, 0) is 19.5 Å². The monoisotopic (exact) mass is 712 g/mol. The quantitative estimate of drug-likeness (QED) is 0.0893. The molecule has 1 aliphatic rings. The molecule has 7 nitrogen and oxygen atoms in total. The van der Waals surface area contributed by atoms with Gasteiger partial charge in [-0.05, 0) is 57.1 Å². The molecule has 268 valence electrons. The van der Waals surface area contributed by atoms with Gasteiger partial charge in [-0.2, -0.15) is 0 Å². The Balaban J connectivity index is 1.33. The van der Waals surface area contributed by atoms with E-state index in [4.69, 9.17) is 9.16 Å². The minimum Gasteiger partial charge on any atom is -0.449 e. The van der Waals surface area contributed by atoms with Crippen LogP contribution in [0.4, 0.5) is 4.79 Å². The molecule has 0 spiro atoms. The second kappa shape index (κ2) is 15.3. The van der Waals surface area contributed by atoms with E-state index in [0.29, 0.717) is 0 Å². The van der Waals surface area contributed by atoms with E-state index in [2.05, 4.69) is 55.7 Å². The molecular formula is C44H48N2O5Si. The number of benzene rings is 5. The van der Waals surface area contributed by atoms with Gasteiger partial charge in [-0.15, -0.1) is 0 Å². The fourth-order valence-electron chi connectivity index (χ4n) is 6.86. The summed E-state index contributed by atoms with van der Waals surface area (Å²) >= 11 is 0. The fraction of sp³-hybridized carbons (Fsp3) is 0.273. The molecule has 0 bridgehead atoms. The molecule has 0 unspecified atom stereocenters. The van der Waals surface area contributed by atoms with Gasteiger partial charge < -0.3 is 24.9 Å². The van der Waals surface area contributed by atoms with E-state index in [1.165, 1.54) is 0 Å². The summed E-state index contributed by atoms with van der Waals surface area (Å²) in [5, 5.41) is 16.8. The Morgan fingerprint density at radius 3 is 1.54 bits per heavy atom. The smallest absolute Gasteiger partial charge is 0.407 e. The van der Waals surface area contributed by atoms with Crippen molar-refractivity contribution in [3.8, 4) is 11.1 Å². The number of aliphatic hydroxyl groups is 1. The van der Waals surface area contributed by atoms with Crippen LogP contribution >= 0.6 is 0 Å². The van der Waals surface area contributed by atoms with Crippen molar-refractivity contribution in [2.75, 3.05) is 13.2 Å². The highest BCUT2D eigenvalue weighted by atomic mass is 28.4. The molecule has 3 N–H and O–H groups in total. The first-order valence-corrected chi connectivity index (χ1v) is 20.8. The molecule has 0 radical (unpaired) electrons. The maximum absolute atomic E-state index is 15.0. The molecule has 2 amide bonds. The van der Waals surface area contributed by atoms with E-state index < -0.39 is 44.6 Å². The topological polar surface area (TPSA) is 96.9 Å². The summed E-state index contributed by atoms with van der Waals surface area (Å²) in [4.78, 5) is 28.6. The SMILES string of the molecule is CC(C)(C)[Si](C)(C)O[C@H](C(=O)NC(c1ccccc1)(c1ccccc1)c1ccccc1)[C@@H](CO)NC(=O)OCC1c2ccccc2-c2ccccc21. The minimum absolute atomic E-state index is 0.0943. The van der Waals surface area contributed by atoms with Crippen molar-refractivity contribution in [2.24, 2.45) is 0 Å². The van der Waals surface area contributed by atoms with Gasteiger partial charge in [-0.25, -0.2) is 4.79 Å². The molecule has 0 aliphatic heterocycles. The van der Waals surface area contributed by atoms with Crippen molar-refractivity contribution in [3.05, 3.63) is 167 Å². The predicted molar refractivity (Wildman–Crippen MR) is 208 cm³/mol. The number of rotatable bonds is 12. The lowest BCUT2D eigenvalue weighted by Gasteiger charge is -2.43. The Morgan fingerprint density at radius 2 is 1.12 bits per heavy atom. The molecule has 5 aromatic rings. The van der Waals surface area contributed by atoms with Gasteiger partial charge in [0.25, 0.3) is 5.91 Å². The molecule has 0 fully saturated rings. The zero-order valence-electron chi connectivity index (χ0n) is 30.5. The Bertz CT molecular complexity index is 1840. The lowest BCUT2D eigenvalue weighted by atomic mass is 9.76. The van der Waals surface area contributed by atoms with E-state index in [0.717, 1.165) is 38.9 Å². The number of amides is 2. The van der Waals surface area contributed by atoms with Crippen molar-refractivity contribution < 1.29 is 23.9 Å². The van der Waals surface area contributed by atoms with Crippen molar-refractivity contribution in [1.29, 1.82) is 0 Å². The van der Waals surface area contributed by atoms with Gasteiger partial charge in [0.2, 0.25) is 0 Å². The van der Waals surface area contributed by atoms with Crippen LogP contribution in [0.3, 0.4) is 0 Å². The number of alkyl carbamates (subject to hydrolysis) is 1. The molecule has 0 aromatic heterocycles. The molecule has 8 heteroatoms. The third-order valence-electron chi connectivity index (χ3n) is 10.6. The molecular weight excluding hydrogens is 665 g/mol. The molecule has 1 aliphatic carbocycles. The summed E-state index contributed by atoms with van der Waals surface area (Å²) in [6.07, 6.45) is -1.99. The molecule has 52 heavy (non-hydrogen) atoms. The predicted octanol–water partition coefficient (Wildman–Crippen LogP) is 8.38. The van der Waals surface area contributed by atoms with Gasteiger partial charge in [-0.3, -0.25) is 4.79 Å². The van der Waals surface area contributed by atoms with Crippen LogP contribution in [0.15, 0.2) is 140 Å². The Labute approximate surface area is 308 Å². The Morgan fingerprint density at radius 1 is 0.692 bits per heavy atom. The van der Waals surface area contributed by atoms with Crippen molar-refractivity contribution in [1.82, 2.24) is 10.6 Å². The normalized spacial score (nSPS) is 14.1. The van der Waals surface area contributed by atoms with E-state index in [1.807, 2.05) is 128 Å². The van der Waals surface area contributed by atoms with E-state index in [-0.39, 0.29) is 17.6 Å². The summed E-state index contributed by atoms with van der Waals surface area (Å²) in [6.45, 7) is 9.90. The van der Waals surface area contributed by atoms with Gasteiger partial charge in [0.05, 0.1) is 12.6 Å². The maximum Gasteiger partial charge on any atom is 0.407 e. The first kappa shape index (κ1) is 36.8. The number of nitrogens with one attached hydrogen (secondary N) is 2. The van der Waals surface area contributed by atoms with Crippen LogP contribution in [-0.4, -0.2) is 50.8 Å². The van der Waals surface area contributed by atoms with Crippen LogP contribution in [0.5, 0.6) is 0 Å². The highest BCUT2D eigenvalue weighted by Gasteiger charge is 2.46. The van der Waals surface area contributed by atoms with Gasteiger partial charge >= 0.3 is 6.09 Å². The number of hydrogen-bond acceptors (Lipinski definition) is 5. The number of ether oxygens (including phenoxy) is 1. The molecule has 0 saturated carbocycles. The second-order valence-corrected chi connectivity index (χ2v) is 19.7. The van der Waals surface area contributed by atoms with Crippen molar-refractivity contribution >= 4 is 20.3 Å². The highest BCUT2D eigenvalue weighted by molar-refractivity contribution is 6.74. The summed E-state index contributed by atoms with van der Waals surface area (Å²) in [7, 11) is -2.66. The van der Waals surface area contributed by atoms with Gasteiger partial charge in [0, 0.05) is 5.92 Å².